The zero-order chi connectivity index (χ0) is 10.4. The molecular formula is C9H6N4O2. The molecule has 0 unspecified atom stereocenters. The Morgan fingerprint density at radius 1 is 1.20 bits per heavy atom. The molecule has 0 saturated heterocycles. The zero-order valence-corrected chi connectivity index (χ0v) is 7.52. The van der Waals surface area contributed by atoms with Crippen LogP contribution < -0.4 is 11.1 Å². The normalized spacial score (nSPS) is 11.2. The number of hydrogen-bond acceptors (Lipinski definition) is 3. The third-order valence-electron chi connectivity index (χ3n) is 2.23. The van der Waals surface area contributed by atoms with Gasteiger partial charge in [0.15, 0.2) is 0 Å². The van der Waals surface area contributed by atoms with E-state index in [9.17, 15) is 9.59 Å². The lowest BCUT2D eigenvalue weighted by Crippen LogP contribution is -2.14. The number of nitrogens with one attached hydrogen (secondary N) is 2. The fraction of sp³-hybridized carbons (Fsp3) is 0. The van der Waals surface area contributed by atoms with Crippen molar-refractivity contribution in [1.29, 1.82) is 0 Å². The molecule has 74 valence electrons. The minimum Gasteiger partial charge on any atom is -0.316 e. The van der Waals surface area contributed by atoms with Gasteiger partial charge in [0.05, 0.1) is 5.52 Å². The van der Waals surface area contributed by atoms with Crippen LogP contribution in [0.2, 0.25) is 0 Å². The molecule has 6 heteroatoms. The SMILES string of the molecule is O=c1ccc2[nH]c(=O)c3nccn3c2[nH]1. The summed E-state index contributed by atoms with van der Waals surface area (Å²) in [5.41, 5.74) is 0.883. The van der Waals surface area contributed by atoms with Crippen molar-refractivity contribution in [2.75, 3.05) is 0 Å². The van der Waals surface area contributed by atoms with Crippen molar-refractivity contribution >= 4 is 16.8 Å². The summed E-state index contributed by atoms with van der Waals surface area (Å²) in [6, 6.07) is 2.93. The molecule has 6 nitrogen and oxygen atoms in total. The Hall–Kier alpha value is -2.37. The summed E-state index contributed by atoms with van der Waals surface area (Å²) in [6.07, 6.45) is 3.14. The summed E-state index contributed by atoms with van der Waals surface area (Å²) in [4.78, 5) is 31.8. The largest absolute Gasteiger partial charge is 0.316 e. The Morgan fingerprint density at radius 3 is 2.93 bits per heavy atom. The van der Waals surface area contributed by atoms with Crippen molar-refractivity contribution in [2.45, 2.75) is 0 Å². The van der Waals surface area contributed by atoms with E-state index in [0.29, 0.717) is 11.2 Å². The number of fused-ring (bicyclic) bond motifs is 3. The molecule has 0 saturated carbocycles. The molecule has 0 aromatic carbocycles. The highest BCUT2D eigenvalue weighted by atomic mass is 16.1. The smallest absolute Gasteiger partial charge is 0.292 e. The monoisotopic (exact) mass is 202 g/mol. The second-order valence-corrected chi connectivity index (χ2v) is 3.16. The highest BCUT2D eigenvalue weighted by molar-refractivity contribution is 5.72. The predicted octanol–water partition coefficient (Wildman–Crippen LogP) is -0.136. The van der Waals surface area contributed by atoms with Crippen LogP contribution in [0.4, 0.5) is 0 Å². The van der Waals surface area contributed by atoms with Crippen LogP contribution in [0.5, 0.6) is 0 Å². The molecule has 3 aromatic rings. The quantitative estimate of drug-likeness (QED) is 0.532. The van der Waals surface area contributed by atoms with Crippen molar-refractivity contribution < 1.29 is 0 Å². The maximum Gasteiger partial charge on any atom is 0.292 e. The number of nitrogens with zero attached hydrogens (tertiary/aromatic N) is 2. The molecule has 3 aromatic heterocycles. The maximum absolute atomic E-state index is 11.5. The van der Waals surface area contributed by atoms with Crippen LogP contribution >= 0.6 is 0 Å². The Bertz CT molecular complexity index is 765. The van der Waals surface area contributed by atoms with Crippen LogP contribution in [-0.2, 0) is 0 Å². The summed E-state index contributed by atoms with van der Waals surface area (Å²) >= 11 is 0. The molecular weight excluding hydrogens is 196 g/mol. The van der Waals surface area contributed by atoms with Gasteiger partial charge in [0, 0.05) is 18.5 Å². The second kappa shape index (κ2) is 2.57. The van der Waals surface area contributed by atoms with Crippen LogP contribution in [0.3, 0.4) is 0 Å². The zero-order valence-electron chi connectivity index (χ0n) is 7.52. The van der Waals surface area contributed by atoms with Crippen molar-refractivity contribution in [2.24, 2.45) is 0 Å². The molecule has 0 atom stereocenters. The number of aromatic amines is 2. The standard InChI is InChI=1S/C9H6N4O2/c14-6-2-1-5-7(12-6)13-4-3-10-8(13)9(15)11-5/h1-4H,(H,11,15)(H,12,14). The molecule has 3 rings (SSSR count). The van der Waals surface area contributed by atoms with Gasteiger partial charge in [-0.05, 0) is 6.07 Å². The molecule has 0 aliphatic heterocycles. The molecule has 0 amide bonds. The van der Waals surface area contributed by atoms with Crippen molar-refractivity contribution in [3.05, 3.63) is 45.2 Å². The van der Waals surface area contributed by atoms with Gasteiger partial charge in [-0.1, -0.05) is 0 Å². The van der Waals surface area contributed by atoms with Gasteiger partial charge in [-0.3, -0.25) is 14.0 Å². The van der Waals surface area contributed by atoms with Crippen LogP contribution in [0, 0.1) is 0 Å². The summed E-state index contributed by atoms with van der Waals surface area (Å²) in [5.74, 6) is 0. The van der Waals surface area contributed by atoms with Crippen LogP contribution in [0.1, 0.15) is 0 Å². The molecule has 3 heterocycles. The van der Waals surface area contributed by atoms with E-state index in [1.54, 1.807) is 16.7 Å². The highest BCUT2D eigenvalue weighted by Gasteiger charge is 2.05. The molecule has 0 aliphatic carbocycles. The lowest BCUT2D eigenvalue weighted by molar-refractivity contribution is 1.11. The van der Waals surface area contributed by atoms with Crippen LogP contribution in [0.15, 0.2) is 34.1 Å². The average molecular weight is 202 g/mol. The van der Waals surface area contributed by atoms with Gasteiger partial charge in [-0.2, -0.15) is 0 Å². The number of H-pyrrole nitrogens is 2. The van der Waals surface area contributed by atoms with Gasteiger partial charge in [-0.25, -0.2) is 4.98 Å². The van der Waals surface area contributed by atoms with E-state index < -0.39 is 0 Å². The summed E-state index contributed by atoms with van der Waals surface area (Å²) in [5, 5.41) is 0. The highest BCUT2D eigenvalue weighted by Crippen LogP contribution is 2.05. The molecule has 0 spiro atoms. The fourth-order valence-corrected chi connectivity index (χ4v) is 1.58. The molecule has 0 fully saturated rings. The maximum atomic E-state index is 11.5. The Labute approximate surface area is 82.2 Å². The molecule has 0 bridgehead atoms. The molecule has 0 radical (unpaired) electrons. The van der Waals surface area contributed by atoms with Gasteiger partial charge >= 0.3 is 0 Å². The van der Waals surface area contributed by atoms with Gasteiger partial charge in [-0.15, -0.1) is 0 Å². The number of aromatic nitrogens is 4. The first-order valence-corrected chi connectivity index (χ1v) is 4.34. The topological polar surface area (TPSA) is 83.0 Å². The van der Waals surface area contributed by atoms with E-state index in [1.807, 2.05) is 0 Å². The lowest BCUT2D eigenvalue weighted by Gasteiger charge is -1.99. The van der Waals surface area contributed by atoms with Gasteiger partial charge in [0.2, 0.25) is 11.2 Å². The Morgan fingerprint density at radius 2 is 2.07 bits per heavy atom. The minimum atomic E-state index is -0.278. The van der Waals surface area contributed by atoms with Crippen molar-refractivity contribution in [3.8, 4) is 0 Å². The molecule has 0 aliphatic rings. The van der Waals surface area contributed by atoms with Crippen molar-refractivity contribution in [1.82, 2.24) is 19.4 Å². The minimum absolute atomic E-state index is 0.218. The summed E-state index contributed by atoms with van der Waals surface area (Å²) < 4.78 is 1.55. The number of imidazole rings is 1. The van der Waals surface area contributed by atoms with E-state index in [0.717, 1.165) is 0 Å². The first-order valence-electron chi connectivity index (χ1n) is 4.34. The number of pyridine rings is 1. The van der Waals surface area contributed by atoms with Crippen molar-refractivity contribution in [3.63, 3.8) is 0 Å². The Balaban J connectivity index is 2.74. The Kier molecular flexibility index (Phi) is 1.37. The first-order chi connectivity index (χ1) is 7.25. The van der Waals surface area contributed by atoms with Crippen LogP contribution in [-0.4, -0.2) is 19.4 Å². The summed E-state index contributed by atoms with van der Waals surface area (Å²) in [6.45, 7) is 0. The van der Waals surface area contributed by atoms with E-state index in [4.69, 9.17) is 0 Å². The summed E-state index contributed by atoms with van der Waals surface area (Å²) in [7, 11) is 0. The fourth-order valence-electron chi connectivity index (χ4n) is 1.58. The molecule has 2 N–H and O–H groups in total. The van der Waals surface area contributed by atoms with Crippen LogP contribution in [0.25, 0.3) is 16.8 Å². The van der Waals surface area contributed by atoms with Gasteiger partial charge < -0.3 is 9.97 Å². The van der Waals surface area contributed by atoms with E-state index >= 15 is 0 Å². The van der Waals surface area contributed by atoms with E-state index in [1.165, 1.54) is 12.3 Å². The number of hydrogen-bond donors (Lipinski definition) is 2. The van der Waals surface area contributed by atoms with E-state index in [2.05, 4.69) is 15.0 Å². The predicted molar refractivity (Wildman–Crippen MR) is 53.9 cm³/mol. The van der Waals surface area contributed by atoms with Gasteiger partial charge in [0.1, 0.15) is 5.65 Å². The van der Waals surface area contributed by atoms with E-state index in [-0.39, 0.29) is 16.8 Å². The lowest BCUT2D eigenvalue weighted by atomic mass is 10.4. The van der Waals surface area contributed by atoms with Gasteiger partial charge in [0.25, 0.3) is 5.56 Å². The molecule has 15 heavy (non-hydrogen) atoms. The third kappa shape index (κ3) is 1.01. The average Bonchev–Trinajstić information content (AvgIpc) is 2.69. The number of rotatable bonds is 0. The second-order valence-electron chi connectivity index (χ2n) is 3.16. The first kappa shape index (κ1) is 7.98. The third-order valence-corrected chi connectivity index (χ3v) is 2.23.